The highest BCUT2D eigenvalue weighted by Crippen LogP contribution is 2.20. The zero-order valence-electron chi connectivity index (χ0n) is 11.7. The first-order chi connectivity index (χ1) is 9.65. The molecule has 1 N–H and O–H groups in total. The number of hydrogen-bond acceptors (Lipinski definition) is 4. The highest BCUT2D eigenvalue weighted by Gasteiger charge is 2.28. The third-order valence-electron chi connectivity index (χ3n) is 4.35. The van der Waals surface area contributed by atoms with Gasteiger partial charge in [0.1, 0.15) is 5.82 Å². The minimum Gasteiger partial charge on any atom is -0.333 e. The van der Waals surface area contributed by atoms with Crippen LogP contribution in [0.5, 0.6) is 0 Å². The molecule has 112 valence electrons. The fourth-order valence-electron chi connectivity index (χ4n) is 3.00. The van der Waals surface area contributed by atoms with Crippen molar-refractivity contribution in [2.75, 3.05) is 25.4 Å². The average molecular weight is 298 g/mol. The van der Waals surface area contributed by atoms with Crippen molar-refractivity contribution in [2.24, 2.45) is 5.92 Å². The summed E-state index contributed by atoms with van der Waals surface area (Å²) in [6.45, 7) is 3.74. The summed E-state index contributed by atoms with van der Waals surface area (Å²) in [5.41, 5.74) is 0. The van der Waals surface area contributed by atoms with Crippen LogP contribution in [0.25, 0.3) is 0 Å². The zero-order chi connectivity index (χ0) is 14.0. The molecule has 0 saturated carbocycles. The Balaban J connectivity index is 1.58. The first-order valence-corrected chi connectivity index (χ1v) is 8.94. The summed E-state index contributed by atoms with van der Waals surface area (Å²) >= 11 is 0. The number of hydrogen-bond donors (Lipinski definition) is 1. The van der Waals surface area contributed by atoms with Crippen LogP contribution >= 0.6 is 0 Å². The molecule has 3 rings (SSSR count). The summed E-state index contributed by atoms with van der Waals surface area (Å²) in [6.07, 6.45) is 6.63. The normalized spacial score (nSPS) is 21.8. The molecular weight excluding hydrogens is 276 g/mol. The number of fused-ring (bicyclic) bond motifs is 1. The van der Waals surface area contributed by atoms with Crippen LogP contribution in [0, 0.1) is 5.92 Å². The molecule has 0 atom stereocenters. The van der Waals surface area contributed by atoms with Gasteiger partial charge in [-0.15, -0.1) is 0 Å². The molecule has 6 nitrogen and oxygen atoms in total. The molecule has 1 saturated heterocycles. The first-order valence-electron chi connectivity index (χ1n) is 7.34. The Kier molecular flexibility index (Phi) is 4.09. The summed E-state index contributed by atoms with van der Waals surface area (Å²) < 4.78 is 28.5. The molecule has 0 spiro atoms. The van der Waals surface area contributed by atoms with Gasteiger partial charge in [0.05, 0.1) is 12.3 Å². The minimum atomic E-state index is -3.14. The second-order valence-corrected chi connectivity index (χ2v) is 7.76. The maximum absolute atomic E-state index is 12.4. The van der Waals surface area contributed by atoms with Crippen LogP contribution in [0.1, 0.15) is 25.1 Å². The quantitative estimate of drug-likeness (QED) is 0.875. The number of rotatable bonds is 4. The molecular formula is C13H22N4O2S. The maximum Gasteiger partial charge on any atom is 0.214 e. The molecule has 0 unspecified atom stereocenters. The van der Waals surface area contributed by atoms with Crippen LogP contribution in [0.2, 0.25) is 0 Å². The van der Waals surface area contributed by atoms with Crippen molar-refractivity contribution in [1.82, 2.24) is 19.2 Å². The van der Waals surface area contributed by atoms with Gasteiger partial charge in [0.15, 0.2) is 0 Å². The van der Waals surface area contributed by atoms with Crippen molar-refractivity contribution >= 4 is 10.0 Å². The lowest BCUT2D eigenvalue weighted by atomic mass is 9.96. The Morgan fingerprint density at radius 2 is 2.10 bits per heavy atom. The lowest BCUT2D eigenvalue weighted by Gasteiger charge is -2.28. The lowest BCUT2D eigenvalue weighted by Crippen LogP contribution is -2.40. The number of nitrogens with zero attached hydrogens (tertiary/aromatic N) is 3. The lowest BCUT2D eigenvalue weighted by molar-refractivity contribution is 0.328. The Morgan fingerprint density at radius 1 is 1.30 bits per heavy atom. The number of nitrogens with one attached hydrogen (secondary N) is 1. The van der Waals surface area contributed by atoms with E-state index in [-0.39, 0.29) is 5.75 Å². The van der Waals surface area contributed by atoms with Crippen LogP contribution in [0.15, 0.2) is 12.4 Å². The number of piperidine rings is 1. The van der Waals surface area contributed by atoms with Gasteiger partial charge in [0.2, 0.25) is 10.0 Å². The molecule has 0 bridgehead atoms. The maximum atomic E-state index is 12.4. The molecule has 2 aliphatic heterocycles. The molecule has 20 heavy (non-hydrogen) atoms. The van der Waals surface area contributed by atoms with Crippen molar-refractivity contribution in [3.63, 3.8) is 0 Å². The van der Waals surface area contributed by atoms with E-state index in [9.17, 15) is 8.42 Å². The van der Waals surface area contributed by atoms with Crippen molar-refractivity contribution in [3.8, 4) is 0 Å². The van der Waals surface area contributed by atoms with Crippen molar-refractivity contribution in [2.45, 2.75) is 32.4 Å². The third-order valence-corrected chi connectivity index (χ3v) is 6.20. The summed E-state index contributed by atoms with van der Waals surface area (Å²) in [5, 5.41) is 3.31. The van der Waals surface area contributed by atoms with Gasteiger partial charge in [-0.05, 0) is 38.3 Å². The summed E-state index contributed by atoms with van der Waals surface area (Å²) in [4.78, 5) is 4.22. The minimum absolute atomic E-state index is 0.276. The summed E-state index contributed by atoms with van der Waals surface area (Å²) in [5.74, 6) is 1.68. The van der Waals surface area contributed by atoms with Gasteiger partial charge in [-0.2, -0.15) is 4.31 Å². The van der Waals surface area contributed by atoms with E-state index in [2.05, 4.69) is 10.3 Å². The van der Waals surface area contributed by atoms with Gasteiger partial charge in [-0.1, -0.05) is 0 Å². The molecule has 3 heterocycles. The van der Waals surface area contributed by atoms with E-state index in [0.717, 1.165) is 38.2 Å². The van der Waals surface area contributed by atoms with E-state index in [1.807, 2.05) is 10.8 Å². The van der Waals surface area contributed by atoms with Crippen LogP contribution < -0.4 is 5.32 Å². The van der Waals surface area contributed by atoms with Crippen molar-refractivity contribution in [1.29, 1.82) is 0 Å². The second-order valence-electron chi connectivity index (χ2n) is 5.67. The van der Waals surface area contributed by atoms with Crippen LogP contribution in [0.4, 0.5) is 0 Å². The molecule has 7 heteroatoms. The van der Waals surface area contributed by atoms with E-state index in [1.165, 1.54) is 0 Å². The monoisotopic (exact) mass is 298 g/mol. The van der Waals surface area contributed by atoms with Gasteiger partial charge >= 0.3 is 0 Å². The first kappa shape index (κ1) is 14.0. The smallest absolute Gasteiger partial charge is 0.214 e. The van der Waals surface area contributed by atoms with Gasteiger partial charge in [-0.25, -0.2) is 13.4 Å². The van der Waals surface area contributed by atoms with Gasteiger partial charge < -0.3 is 9.88 Å². The van der Waals surface area contributed by atoms with E-state index >= 15 is 0 Å². The Hall–Kier alpha value is -0.920. The number of aromatic nitrogens is 2. The highest BCUT2D eigenvalue weighted by atomic mass is 32.2. The van der Waals surface area contributed by atoms with E-state index < -0.39 is 10.0 Å². The number of sulfonamides is 1. The molecule has 0 aromatic carbocycles. The number of imidazole rings is 1. The van der Waals surface area contributed by atoms with E-state index in [1.54, 1.807) is 10.5 Å². The molecule has 0 amide bonds. The summed E-state index contributed by atoms with van der Waals surface area (Å²) in [6, 6.07) is 0. The zero-order valence-corrected chi connectivity index (χ0v) is 12.5. The Bertz CT molecular complexity index is 548. The van der Waals surface area contributed by atoms with Gasteiger partial charge in [-0.3, -0.25) is 0 Å². The largest absolute Gasteiger partial charge is 0.333 e. The topological polar surface area (TPSA) is 67.2 Å². The molecule has 1 fully saturated rings. The fraction of sp³-hybridized carbons (Fsp3) is 0.769. The third kappa shape index (κ3) is 3.05. The molecule has 1 aromatic heterocycles. The van der Waals surface area contributed by atoms with Gasteiger partial charge in [0, 0.05) is 25.5 Å². The molecule has 2 aliphatic rings. The van der Waals surface area contributed by atoms with Crippen molar-refractivity contribution < 1.29 is 8.42 Å². The average Bonchev–Trinajstić information content (AvgIpc) is 2.94. The van der Waals surface area contributed by atoms with Crippen molar-refractivity contribution in [3.05, 3.63) is 18.2 Å². The standard InChI is InChI=1S/C13H22N4O2S/c18-20(19,10-3-12-1-4-14-5-2-12)17-9-8-16-7-6-15-13(16)11-17/h6-7,12,14H,1-5,8-11H2. The van der Waals surface area contributed by atoms with Crippen LogP contribution in [0.3, 0.4) is 0 Å². The molecule has 0 radical (unpaired) electrons. The van der Waals surface area contributed by atoms with Crippen LogP contribution in [-0.2, 0) is 23.1 Å². The van der Waals surface area contributed by atoms with Crippen LogP contribution in [-0.4, -0.2) is 47.7 Å². The van der Waals surface area contributed by atoms with E-state index in [4.69, 9.17) is 0 Å². The molecule has 1 aromatic rings. The highest BCUT2D eigenvalue weighted by molar-refractivity contribution is 7.89. The van der Waals surface area contributed by atoms with E-state index in [0.29, 0.717) is 25.6 Å². The summed E-state index contributed by atoms with van der Waals surface area (Å²) in [7, 11) is -3.14. The predicted octanol–water partition coefficient (Wildman–Crippen LogP) is 0.418. The predicted molar refractivity (Wildman–Crippen MR) is 76.6 cm³/mol. The Morgan fingerprint density at radius 3 is 2.90 bits per heavy atom. The van der Waals surface area contributed by atoms with Gasteiger partial charge in [0.25, 0.3) is 0 Å². The molecule has 0 aliphatic carbocycles. The second kappa shape index (κ2) is 5.83. The Labute approximate surface area is 120 Å². The fourth-order valence-corrected chi connectivity index (χ4v) is 4.57. The SMILES string of the molecule is O=S(=O)(CCC1CCNCC1)N1CCn2ccnc2C1.